The Balaban J connectivity index is -0.000000000833. The monoisotopic (exact) mass is 259 g/mol. The van der Waals surface area contributed by atoms with Crippen LogP contribution in [0.4, 0.5) is 0 Å². The van der Waals surface area contributed by atoms with Crippen LogP contribution in [0.25, 0.3) is 0 Å². The molecule has 0 fully saturated rings. The Bertz CT molecular complexity index is 11.5. The van der Waals surface area contributed by atoms with Crippen molar-refractivity contribution in [3.05, 3.63) is 0 Å². The summed E-state index contributed by atoms with van der Waals surface area (Å²) in [6.45, 7) is 0. The van der Waals surface area contributed by atoms with Gasteiger partial charge in [0.2, 0.25) is 0 Å². The molecule has 0 amide bonds. The minimum atomic E-state index is 0. The summed E-state index contributed by atoms with van der Waals surface area (Å²) in [5.74, 6) is 0. The molecule has 0 atom stereocenters. The van der Waals surface area contributed by atoms with Crippen LogP contribution in [0, 0.1) is 0 Å². The van der Waals surface area contributed by atoms with Crippen molar-refractivity contribution < 1.29 is 75.4 Å². The molecular weight excluding hydrogens is 260 g/mol. The van der Waals surface area contributed by atoms with Gasteiger partial charge in [-0.05, 0) is 0 Å². The zero-order valence-electron chi connectivity index (χ0n) is 2.19. The van der Waals surface area contributed by atoms with Crippen molar-refractivity contribution in [2.45, 2.75) is 0 Å². The van der Waals surface area contributed by atoms with Crippen molar-refractivity contribution in [3.63, 3.8) is 0 Å². The molecule has 2 nitrogen and oxygen atoms in total. The predicted octanol–water partition coefficient (Wildman–Crippen LogP) is -0.248. The average molecular weight is 260 g/mol. The topological polar surface area (TPSA) is 45.6 Å². The van der Waals surface area contributed by atoms with E-state index < -0.39 is 0 Å². The van der Waals surface area contributed by atoms with E-state index in [0.29, 0.717) is 0 Å². The average Bonchev–Trinajstić information content (AvgIpc) is 1.00. The van der Waals surface area contributed by atoms with Gasteiger partial charge in [0.15, 0.2) is 0 Å². The second kappa shape index (κ2) is 71.2. The SMILES string of the molecule is [Cr+3].[Ni+2].[Ni+2].[O-2].[O]=[Co]. The molecule has 0 bridgehead atoms. The quantitative estimate of drug-likeness (QED) is 0.554. The van der Waals surface area contributed by atoms with E-state index >= 15 is 0 Å². The van der Waals surface area contributed by atoms with Crippen molar-refractivity contribution in [2.24, 2.45) is 0 Å². The molecule has 0 aromatic heterocycles. The van der Waals surface area contributed by atoms with Crippen LogP contribution >= 0.6 is 0 Å². The molecule has 1 radical (unpaired) electrons. The van der Waals surface area contributed by atoms with Crippen molar-refractivity contribution in [1.29, 1.82) is 0 Å². The zero-order chi connectivity index (χ0) is 2.00. The first kappa shape index (κ1) is 46.2. The fourth-order valence-electron chi connectivity index (χ4n) is 0. The first-order valence-electron chi connectivity index (χ1n) is 0.136. The molecule has 0 saturated carbocycles. The van der Waals surface area contributed by atoms with Crippen molar-refractivity contribution in [1.82, 2.24) is 0 Å². The summed E-state index contributed by atoms with van der Waals surface area (Å²) in [6.07, 6.45) is 0. The molecule has 0 aliphatic rings. The molecule has 6 heteroatoms. The Morgan fingerprint density at radius 2 is 1.00 bits per heavy atom. The van der Waals surface area contributed by atoms with Crippen molar-refractivity contribution >= 4 is 0 Å². The maximum atomic E-state index is 7.94. The molecular formula is CoCrNi2O2+5. The third-order valence-corrected chi connectivity index (χ3v) is 0. The van der Waals surface area contributed by atoms with E-state index in [0.717, 1.165) is 0 Å². The van der Waals surface area contributed by atoms with E-state index in [1.165, 1.54) is 0 Å². The molecule has 0 aromatic carbocycles. The molecule has 0 aliphatic carbocycles. The molecule has 42 valence electrons. The van der Waals surface area contributed by atoms with Gasteiger partial charge in [0, 0.05) is 0 Å². The molecule has 0 unspecified atom stereocenters. The summed E-state index contributed by atoms with van der Waals surface area (Å²) < 4.78 is 7.94. The van der Waals surface area contributed by atoms with Crippen LogP contribution in [0.15, 0.2) is 0 Å². The Morgan fingerprint density at radius 3 is 1.00 bits per heavy atom. The number of hydrogen-bond acceptors (Lipinski definition) is 1. The van der Waals surface area contributed by atoms with Gasteiger partial charge in [0.1, 0.15) is 0 Å². The van der Waals surface area contributed by atoms with Gasteiger partial charge in [0.05, 0.1) is 0 Å². The summed E-state index contributed by atoms with van der Waals surface area (Å²) in [6, 6.07) is 0. The van der Waals surface area contributed by atoms with Gasteiger partial charge in [-0.25, -0.2) is 0 Å². The Kier molecular flexibility index (Phi) is 548. The summed E-state index contributed by atoms with van der Waals surface area (Å²) in [7, 11) is 0. The van der Waals surface area contributed by atoms with Crippen LogP contribution in [0.5, 0.6) is 0 Å². The summed E-state index contributed by atoms with van der Waals surface area (Å²) in [5, 5.41) is 0. The predicted molar refractivity (Wildman–Crippen MR) is 1.37 cm³/mol. The van der Waals surface area contributed by atoms with E-state index in [1.807, 2.05) is 0 Å². The summed E-state index contributed by atoms with van der Waals surface area (Å²) >= 11 is 2.31. The molecule has 0 aliphatic heterocycles. The zero-order valence-corrected chi connectivity index (χ0v) is 6.48. The van der Waals surface area contributed by atoms with E-state index in [2.05, 4.69) is 15.7 Å². The first-order chi connectivity index (χ1) is 1.00. The minimum absolute atomic E-state index is 0. The van der Waals surface area contributed by atoms with E-state index in [1.54, 1.807) is 0 Å². The van der Waals surface area contributed by atoms with Gasteiger partial charge in [-0.3, -0.25) is 0 Å². The molecule has 0 rings (SSSR count). The van der Waals surface area contributed by atoms with Gasteiger partial charge >= 0.3 is 69.9 Å². The summed E-state index contributed by atoms with van der Waals surface area (Å²) in [5.41, 5.74) is 0. The Labute approximate surface area is 74.9 Å². The van der Waals surface area contributed by atoms with Gasteiger partial charge < -0.3 is 5.48 Å². The molecule has 0 aromatic rings. The van der Waals surface area contributed by atoms with Gasteiger partial charge in [0.25, 0.3) is 0 Å². The van der Waals surface area contributed by atoms with Crippen LogP contribution < -0.4 is 0 Å². The molecule has 0 heterocycles. The normalized spacial score (nSPS) is 0.833. The van der Waals surface area contributed by atoms with Crippen LogP contribution in [0.1, 0.15) is 0 Å². The standard InChI is InChI=1S/Co.Cr.2Ni.2O/q;+3;2*+2;;-2. The van der Waals surface area contributed by atoms with Gasteiger partial charge in [-0.2, -0.15) is 0 Å². The van der Waals surface area contributed by atoms with Crippen LogP contribution in [0.3, 0.4) is 0 Å². The van der Waals surface area contributed by atoms with Crippen molar-refractivity contribution in [3.8, 4) is 0 Å². The van der Waals surface area contributed by atoms with E-state index in [-0.39, 0.29) is 55.8 Å². The molecule has 0 N–H and O–H groups in total. The van der Waals surface area contributed by atoms with Gasteiger partial charge in [-0.15, -0.1) is 0 Å². The molecule has 0 saturated heterocycles. The third kappa shape index (κ3) is 41.5. The first-order valence-corrected chi connectivity index (χ1v) is 0.561. The summed E-state index contributed by atoms with van der Waals surface area (Å²) in [4.78, 5) is 0. The fourth-order valence-corrected chi connectivity index (χ4v) is 0. The Morgan fingerprint density at radius 1 is 1.00 bits per heavy atom. The number of hydrogen-bond donors (Lipinski definition) is 0. The van der Waals surface area contributed by atoms with Crippen LogP contribution in [0.2, 0.25) is 0 Å². The fraction of sp³-hybridized carbons (Fsp3) is 0. The van der Waals surface area contributed by atoms with Crippen molar-refractivity contribution in [2.75, 3.05) is 0 Å². The van der Waals surface area contributed by atoms with E-state index in [4.69, 9.17) is 3.87 Å². The number of rotatable bonds is 0. The van der Waals surface area contributed by atoms with Crippen LogP contribution in [-0.2, 0) is 75.4 Å². The third-order valence-electron chi connectivity index (χ3n) is 0. The van der Waals surface area contributed by atoms with Gasteiger partial charge in [-0.1, -0.05) is 0 Å². The Hall–Kier alpha value is 1.79. The second-order valence-corrected chi connectivity index (χ2v) is 0. The maximum absolute atomic E-state index is 7.94. The van der Waals surface area contributed by atoms with Crippen LogP contribution in [-0.4, -0.2) is 0 Å². The van der Waals surface area contributed by atoms with E-state index in [9.17, 15) is 0 Å². The second-order valence-electron chi connectivity index (χ2n) is 0. The molecule has 6 heavy (non-hydrogen) atoms. The molecule has 0 spiro atoms.